The maximum absolute atomic E-state index is 4.04. The normalized spacial score (nSPS) is 27.4. The minimum atomic E-state index is 0.0768. The standard InChI is InChI=1S/C7H13NS/c1-2-3-5-9-6-4-8-7-9/h4,6-7,9H,2-3,5H2,1H3. The van der Waals surface area contributed by atoms with Gasteiger partial charge in [0.05, 0.1) is 0 Å². The topological polar surface area (TPSA) is 12.4 Å². The van der Waals surface area contributed by atoms with Crippen LogP contribution in [0.2, 0.25) is 0 Å². The molecule has 0 aromatic rings. The van der Waals surface area contributed by atoms with Gasteiger partial charge in [0.2, 0.25) is 0 Å². The second kappa shape index (κ2) is 3.72. The van der Waals surface area contributed by atoms with E-state index in [4.69, 9.17) is 0 Å². The van der Waals surface area contributed by atoms with E-state index in [0.29, 0.717) is 0 Å². The van der Waals surface area contributed by atoms with Crippen molar-refractivity contribution in [1.82, 2.24) is 0 Å². The summed E-state index contributed by atoms with van der Waals surface area (Å²) in [4.78, 5) is 4.04. The molecule has 1 heterocycles. The van der Waals surface area contributed by atoms with Gasteiger partial charge in [-0.1, -0.05) is 13.3 Å². The Morgan fingerprint density at radius 2 is 2.44 bits per heavy atom. The minimum Gasteiger partial charge on any atom is -0.259 e. The molecule has 0 aliphatic carbocycles. The Morgan fingerprint density at radius 1 is 1.56 bits per heavy atom. The Kier molecular flexibility index (Phi) is 2.84. The van der Waals surface area contributed by atoms with Gasteiger partial charge in [0.15, 0.2) is 0 Å². The van der Waals surface area contributed by atoms with Crippen LogP contribution in [0.3, 0.4) is 0 Å². The molecule has 52 valence electrons. The van der Waals surface area contributed by atoms with E-state index in [0.717, 1.165) is 0 Å². The van der Waals surface area contributed by atoms with E-state index in [1.165, 1.54) is 18.6 Å². The van der Waals surface area contributed by atoms with E-state index >= 15 is 0 Å². The van der Waals surface area contributed by atoms with Gasteiger partial charge in [-0.3, -0.25) is 4.99 Å². The molecule has 1 aliphatic rings. The Labute approximate surface area is 59.2 Å². The summed E-state index contributed by atoms with van der Waals surface area (Å²) in [6, 6.07) is 0. The number of nitrogens with zero attached hydrogens (tertiary/aromatic N) is 1. The quantitative estimate of drug-likeness (QED) is 0.582. The monoisotopic (exact) mass is 143 g/mol. The van der Waals surface area contributed by atoms with Crippen LogP contribution in [0.25, 0.3) is 0 Å². The summed E-state index contributed by atoms with van der Waals surface area (Å²) < 4.78 is 0. The third-order valence-corrected chi connectivity index (χ3v) is 3.11. The highest BCUT2D eigenvalue weighted by molar-refractivity contribution is 8.31. The van der Waals surface area contributed by atoms with Gasteiger partial charge in [-0.25, -0.2) is 0 Å². The van der Waals surface area contributed by atoms with Crippen molar-refractivity contribution in [3.63, 3.8) is 0 Å². The van der Waals surface area contributed by atoms with Crippen molar-refractivity contribution in [2.24, 2.45) is 4.99 Å². The van der Waals surface area contributed by atoms with Gasteiger partial charge in [0, 0.05) is 11.7 Å². The molecule has 0 aromatic heterocycles. The molecule has 1 nitrogen and oxygen atoms in total. The van der Waals surface area contributed by atoms with Crippen molar-refractivity contribution in [3.8, 4) is 0 Å². The zero-order chi connectivity index (χ0) is 6.53. The Bertz CT molecular complexity index is 117. The van der Waals surface area contributed by atoms with Crippen LogP contribution in [-0.4, -0.2) is 11.3 Å². The summed E-state index contributed by atoms with van der Waals surface area (Å²) in [6.07, 6.45) is 4.57. The highest BCUT2D eigenvalue weighted by Crippen LogP contribution is 2.28. The van der Waals surface area contributed by atoms with Crippen molar-refractivity contribution < 1.29 is 0 Å². The molecule has 0 aromatic carbocycles. The number of hydrogen-bond donors (Lipinski definition) is 1. The lowest BCUT2D eigenvalue weighted by atomic mass is 10.4. The molecule has 1 atom stereocenters. The smallest absolute Gasteiger partial charge is 0.0436 e. The zero-order valence-electron chi connectivity index (χ0n) is 5.75. The molecule has 0 radical (unpaired) electrons. The predicted octanol–water partition coefficient (Wildman–Crippen LogP) is 2.30. The fraction of sp³-hybridized carbons (Fsp3) is 0.571. The second-order valence-electron chi connectivity index (χ2n) is 2.15. The van der Waals surface area contributed by atoms with Crippen molar-refractivity contribution in [1.29, 1.82) is 0 Å². The lowest BCUT2D eigenvalue weighted by Gasteiger charge is -2.04. The van der Waals surface area contributed by atoms with Crippen molar-refractivity contribution >= 4 is 16.4 Å². The highest BCUT2D eigenvalue weighted by Gasteiger charge is 1.97. The summed E-state index contributed by atoms with van der Waals surface area (Å²) in [5, 5.41) is 2.23. The molecule has 0 amide bonds. The number of hydrogen-bond acceptors (Lipinski definition) is 1. The van der Waals surface area contributed by atoms with Gasteiger partial charge in [-0.05, 0) is 17.6 Å². The summed E-state index contributed by atoms with van der Waals surface area (Å²) in [5.74, 6) is 1.34. The number of aliphatic imine (C=N–C) groups is 1. The summed E-state index contributed by atoms with van der Waals surface area (Å²) >= 11 is 0. The lowest BCUT2D eigenvalue weighted by molar-refractivity contribution is 0.897. The average Bonchev–Trinajstić information content (AvgIpc) is 2.34. The SMILES string of the molecule is CCCC[SH]1C=CN=C1. The first-order chi connectivity index (χ1) is 4.43. The van der Waals surface area contributed by atoms with E-state index in [1.807, 2.05) is 6.20 Å². The fourth-order valence-corrected chi connectivity index (χ4v) is 2.28. The molecule has 1 unspecified atom stereocenters. The van der Waals surface area contributed by atoms with Crippen LogP contribution in [0.5, 0.6) is 0 Å². The van der Waals surface area contributed by atoms with E-state index in [1.54, 1.807) is 0 Å². The van der Waals surface area contributed by atoms with Crippen LogP contribution in [0, 0.1) is 0 Å². The van der Waals surface area contributed by atoms with Gasteiger partial charge in [-0.15, -0.1) is 0 Å². The fourth-order valence-electron chi connectivity index (χ4n) is 0.760. The van der Waals surface area contributed by atoms with E-state index in [-0.39, 0.29) is 10.9 Å². The molecular formula is C7H13NS. The molecule has 0 bridgehead atoms. The molecule has 0 spiro atoms. The van der Waals surface area contributed by atoms with Crippen molar-refractivity contribution in [2.45, 2.75) is 19.8 Å². The molecule has 0 N–H and O–H groups in total. The van der Waals surface area contributed by atoms with E-state index in [9.17, 15) is 0 Å². The molecule has 0 saturated carbocycles. The van der Waals surface area contributed by atoms with Gasteiger partial charge >= 0.3 is 0 Å². The Balaban J connectivity index is 2.13. The predicted molar refractivity (Wildman–Crippen MR) is 46.4 cm³/mol. The first kappa shape index (κ1) is 6.87. The summed E-state index contributed by atoms with van der Waals surface area (Å²) in [5.41, 5.74) is 2.09. The number of rotatable bonds is 3. The number of unbranched alkanes of at least 4 members (excludes halogenated alkanes) is 1. The molecule has 9 heavy (non-hydrogen) atoms. The van der Waals surface area contributed by atoms with Crippen LogP contribution < -0.4 is 0 Å². The second-order valence-corrected chi connectivity index (χ2v) is 4.16. The van der Waals surface area contributed by atoms with Crippen LogP contribution >= 0.6 is 10.9 Å². The lowest BCUT2D eigenvalue weighted by Crippen LogP contribution is -1.82. The van der Waals surface area contributed by atoms with Crippen molar-refractivity contribution in [2.75, 3.05) is 5.75 Å². The molecule has 1 rings (SSSR count). The van der Waals surface area contributed by atoms with Crippen LogP contribution in [0.4, 0.5) is 0 Å². The third kappa shape index (κ3) is 2.22. The molecule has 2 heteroatoms. The minimum absolute atomic E-state index is 0.0768. The van der Waals surface area contributed by atoms with Gasteiger partial charge < -0.3 is 0 Å². The van der Waals surface area contributed by atoms with Gasteiger partial charge in [-0.2, -0.15) is 10.9 Å². The maximum Gasteiger partial charge on any atom is 0.0436 e. The third-order valence-electron chi connectivity index (χ3n) is 1.33. The largest absolute Gasteiger partial charge is 0.259 e. The number of thiol groups is 1. The van der Waals surface area contributed by atoms with Gasteiger partial charge in [0.1, 0.15) is 0 Å². The van der Waals surface area contributed by atoms with Crippen LogP contribution in [0.1, 0.15) is 19.8 Å². The van der Waals surface area contributed by atoms with E-state index in [2.05, 4.69) is 22.9 Å². The van der Waals surface area contributed by atoms with Crippen LogP contribution in [-0.2, 0) is 0 Å². The average molecular weight is 143 g/mol. The van der Waals surface area contributed by atoms with Gasteiger partial charge in [0.25, 0.3) is 0 Å². The first-order valence-corrected chi connectivity index (χ1v) is 5.05. The van der Waals surface area contributed by atoms with Crippen LogP contribution in [0.15, 0.2) is 16.6 Å². The first-order valence-electron chi connectivity index (χ1n) is 3.39. The molecular weight excluding hydrogens is 130 g/mol. The van der Waals surface area contributed by atoms with Crippen molar-refractivity contribution in [3.05, 3.63) is 11.6 Å². The zero-order valence-corrected chi connectivity index (χ0v) is 6.64. The Hall–Kier alpha value is -0.240. The maximum atomic E-state index is 4.04. The molecule has 1 aliphatic heterocycles. The summed E-state index contributed by atoms with van der Waals surface area (Å²) in [7, 11) is 0.0768. The van der Waals surface area contributed by atoms with E-state index < -0.39 is 0 Å². The molecule has 0 saturated heterocycles. The summed E-state index contributed by atoms with van der Waals surface area (Å²) in [6.45, 7) is 2.23. The highest BCUT2D eigenvalue weighted by atomic mass is 32.2. The molecule has 0 fully saturated rings. The Morgan fingerprint density at radius 3 is 3.00 bits per heavy atom.